The maximum absolute atomic E-state index is 12.3. The van der Waals surface area contributed by atoms with Gasteiger partial charge in [0.1, 0.15) is 11.6 Å². The molecule has 1 heterocycles. The van der Waals surface area contributed by atoms with Gasteiger partial charge in [-0.1, -0.05) is 30.3 Å². The van der Waals surface area contributed by atoms with E-state index in [-0.39, 0.29) is 5.91 Å². The number of carbonyl (C=O) groups is 2. The number of ether oxygens (including phenoxy) is 1. The number of hydrogen-bond donors (Lipinski definition) is 1. The molecule has 2 amide bonds. The highest BCUT2D eigenvalue weighted by molar-refractivity contribution is 5.87. The third-order valence-corrected chi connectivity index (χ3v) is 3.20. The van der Waals surface area contributed by atoms with Crippen LogP contribution in [0.2, 0.25) is 0 Å². The van der Waals surface area contributed by atoms with E-state index in [1.807, 2.05) is 30.3 Å². The fourth-order valence-electron chi connectivity index (χ4n) is 2.28. The summed E-state index contributed by atoms with van der Waals surface area (Å²) in [4.78, 5) is 25.7. The molecule has 0 spiro atoms. The van der Waals surface area contributed by atoms with Crippen molar-refractivity contribution in [2.45, 2.75) is 45.4 Å². The molecule has 21 heavy (non-hydrogen) atoms. The standard InChI is InChI=1S/C16H22N2O3/c1-16(2,3)21-15(20)17-13-9-10-18(14(13)19)11-12-7-5-4-6-8-12/h4-8,13H,9-11H2,1-3H3,(H,17,20)/t13-/m1/s1. The lowest BCUT2D eigenvalue weighted by molar-refractivity contribution is -0.129. The van der Waals surface area contributed by atoms with Crippen molar-refractivity contribution in [1.82, 2.24) is 10.2 Å². The first-order valence-corrected chi connectivity index (χ1v) is 7.17. The maximum Gasteiger partial charge on any atom is 0.408 e. The first-order valence-electron chi connectivity index (χ1n) is 7.17. The minimum absolute atomic E-state index is 0.0512. The van der Waals surface area contributed by atoms with E-state index in [2.05, 4.69) is 5.32 Å². The summed E-state index contributed by atoms with van der Waals surface area (Å²) < 4.78 is 5.18. The van der Waals surface area contributed by atoms with E-state index in [1.54, 1.807) is 25.7 Å². The molecule has 0 radical (unpaired) electrons. The van der Waals surface area contributed by atoms with Crippen molar-refractivity contribution in [3.63, 3.8) is 0 Å². The van der Waals surface area contributed by atoms with Crippen LogP contribution in [0.5, 0.6) is 0 Å². The van der Waals surface area contributed by atoms with Crippen molar-refractivity contribution in [2.24, 2.45) is 0 Å². The zero-order chi connectivity index (χ0) is 15.5. The quantitative estimate of drug-likeness (QED) is 0.929. The predicted molar refractivity (Wildman–Crippen MR) is 79.6 cm³/mol. The summed E-state index contributed by atoms with van der Waals surface area (Å²) >= 11 is 0. The number of benzene rings is 1. The van der Waals surface area contributed by atoms with Crippen molar-refractivity contribution < 1.29 is 14.3 Å². The minimum Gasteiger partial charge on any atom is -0.444 e. The van der Waals surface area contributed by atoms with Crippen LogP contribution in [0, 0.1) is 0 Å². The van der Waals surface area contributed by atoms with Crippen molar-refractivity contribution in [3.8, 4) is 0 Å². The Morgan fingerprint density at radius 2 is 2.00 bits per heavy atom. The van der Waals surface area contributed by atoms with E-state index in [0.29, 0.717) is 19.5 Å². The lowest BCUT2D eigenvalue weighted by Gasteiger charge is -2.21. The minimum atomic E-state index is -0.560. The summed E-state index contributed by atoms with van der Waals surface area (Å²) in [5.41, 5.74) is 0.527. The van der Waals surface area contributed by atoms with Gasteiger partial charge in [0.2, 0.25) is 5.91 Å². The van der Waals surface area contributed by atoms with Crippen LogP contribution in [-0.2, 0) is 16.1 Å². The normalized spacial score (nSPS) is 18.7. The van der Waals surface area contributed by atoms with Crippen LogP contribution >= 0.6 is 0 Å². The smallest absolute Gasteiger partial charge is 0.408 e. The first kappa shape index (κ1) is 15.4. The number of amides is 2. The third kappa shape index (κ3) is 4.48. The van der Waals surface area contributed by atoms with Gasteiger partial charge in [0.25, 0.3) is 0 Å². The van der Waals surface area contributed by atoms with Crippen LogP contribution in [0.4, 0.5) is 4.79 Å². The average molecular weight is 290 g/mol. The highest BCUT2D eigenvalue weighted by Gasteiger charge is 2.33. The number of hydrogen-bond acceptors (Lipinski definition) is 3. The van der Waals surface area contributed by atoms with Gasteiger partial charge in [-0.15, -0.1) is 0 Å². The second kappa shape index (κ2) is 6.16. The molecular weight excluding hydrogens is 268 g/mol. The van der Waals surface area contributed by atoms with Crippen LogP contribution in [-0.4, -0.2) is 35.1 Å². The number of nitrogens with zero attached hydrogens (tertiary/aromatic N) is 1. The van der Waals surface area contributed by atoms with Crippen molar-refractivity contribution >= 4 is 12.0 Å². The second-order valence-corrected chi connectivity index (χ2v) is 6.23. The predicted octanol–water partition coefficient (Wildman–Crippen LogP) is 2.31. The largest absolute Gasteiger partial charge is 0.444 e. The van der Waals surface area contributed by atoms with Gasteiger partial charge in [-0.2, -0.15) is 0 Å². The molecule has 1 N–H and O–H groups in total. The van der Waals surface area contributed by atoms with Gasteiger partial charge in [-0.25, -0.2) is 4.79 Å². The van der Waals surface area contributed by atoms with E-state index >= 15 is 0 Å². The van der Waals surface area contributed by atoms with E-state index in [9.17, 15) is 9.59 Å². The molecule has 0 saturated carbocycles. The SMILES string of the molecule is CC(C)(C)OC(=O)N[C@@H]1CCN(Cc2ccccc2)C1=O. The number of carbonyl (C=O) groups excluding carboxylic acids is 2. The molecule has 1 saturated heterocycles. The summed E-state index contributed by atoms with van der Waals surface area (Å²) in [5.74, 6) is -0.0512. The summed E-state index contributed by atoms with van der Waals surface area (Å²) in [6, 6.07) is 9.34. The van der Waals surface area contributed by atoms with E-state index < -0.39 is 17.7 Å². The molecule has 5 heteroatoms. The van der Waals surface area contributed by atoms with Crippen LogP contribution in [0.3, 0.4) is 0 Å². The van der Waals surface area contributed by atoms with Gasteiger partial charge in [-0.05, 0) is 32.8 Å². The maximum atomic E-state index is 12.3. The molecule has 1 aliphatic heterocycles. The van der Waals surface area contributed by atoms with Crippen LogP contribution in [0.15, 0.2) is 30.3 Å². The molecule has 2 rings (SSSR count). The highest BCUT2D eigenvalue weighted by Crippen LogP contribution is 2.16. The number of likely N-dealkylation sites (tertiary alicyclic amines) is 1. The summed E-state index contributed by atoms with van der Waals surface area (Å²) in [5, 5.41) is 2.65. The molecule has 114 valence electrons. The van der Waals surface area contributed by atoms with Gasteiger partial charge < -0.3 is 15.0 Å². The average Bonchev–Trinajstić information content (AvgIpc) is 2.70. The van der Waals surface area contributed by atoms with Gasteiger partial charge in [-0.3, -0.25) is 4.79 Å². The van der Waals surface area contributed by atoms with Gasteiger partial charge in [0, 0.05) is 13.1 Å². The molecule has 1 aliphatic rings. The Balaban J connectivity index is 1.88. The molecule has 1 atom stereocenters. The molecule has 0 bridgehead atoms. The Morgan fingerprint density at radius 3 is 2.62 bits per heavy atom. The Bertz CT molecular complexity index is 508. The van der Waals surface area contributed by atoms with Crippen molar-refractivity contribution in [3.05, 3.63) is 35.9 Å². The van der Waals surface area contributed by atoms with E-state index in [4.69, 9.17) is 4.74 Å². The molecule has 1 aromatic rings. The lowest BCUT2D eigenvalue weighted by atomic mass is 10.2. The Kier molecular flexibility index (Phi) is 4.50. The van der Waals surface area contributed by atoms with Crippen molar-refractivity contribution in [1.29, 1.82) is 0 Å². The zero-order valence-corrected chi connectivity index (χ0v) is 12.8. The summed E-state index contributed by atoms with van der Waals surface area (Å²) in [6.45, 7) is 6.61. The Hall–Kier alpha value is -2.04. The number of nitrogens with one attached hydrogen (secondary N) is 1. The van der Waals surface area contributed by atoms with E-state index in [0.717, 1.165) is 5.56 Å². The first-order chi connectivity index (χ1) is 9.85. The van der Waals surface area contributed by atoms with Gasteiger partial charge in [0.05, 0.1) is 0 Å². The Morgan fingerprint density at radius 1 is 1.33 bits per heavy atom. The molecule has 5 nitrogen and oxygen atoms in total. The summed E-state index contributed by atoms with van der Waals surface area (Å²) in [6.07, 6.45) is 0.0765. The molecule has 0 unspecified atom stereocenters. The van der Waals surface area contributed by atoms with E-state index in [1.165, 1.54) is 0 Å². The molecular formula is C16H22N2O3. The monoisotopic (exact) mass is 290 g/mol. The second-order valence-electron chi connectivity index (χ2n) is 6.23. The van der Waals surface area contributed by atoms with Gasteiger partial charge >= 0.3 is 6.09 Å². The zero-order valence-electron chi connectivity index (χ0n) is 12.8. The Labute approximate surface area is 125 Å². The molecule has 0 aliphatic carbocycles. The van der Waals surface area contributed by atoms with Crippen LogP contribution in [0.1, 0.15) is 32.8 Å². The molecule has 1 aromatic carbocycles. The van der Waals surface area contributed by atoms with Crippen LogP contribution < -0.4 is 5.32 Å². The fraction of sp³-hybridized carbons (Fsp3) is 0.500. The van der Waals surface area contributed by atoms with Gasteiger partial charge in [0.15, 0.2) is 0 Å². The molecule has 0 aromatic heterocycles. The van der Waals surface area contributed by atoms with Crippen molar-refractivity contribution in [2.75, 3.05) is 6.54 Å². The topological polar surface area (TPSA) is 58.6 Å². The fourth-order valence-corrected chi connectivity index (χ4v) is 2.28. The summed E-state index contributed by atoms with van der Waals surface area (Å²) in [7, 11) is 0. The number of alkyl carbamates (subject to hydrolysis) is 1. The molecule has 1 fully saturated rings. The lowest BCUT2D eigenvalue weighted by Crippen LogP contribution is -2.43. The highest BCUT2D eigenvalue weighted by atomic mass is 16.6. The third-order valence-electron chi connectivity index (χ3n) is 3.20. The van der Waals surface area contributed by atoms with Crippen LogP contribution in [0.25, 0.3) is 0 Å². The number of rotatable bonds is 3.